The molecule has 0 spiro atoms. The van der Waals surface area contributed by atoms with Crippen molar-refractivity contribution in [2.75, 3.05) is 50.6 Å². The molecule has 0 atom stereocenters. The first-order chi connectivity index (χ1) is 17.1. The predicted molar refractivity (Wildman–Crippen MR) is 135 cm³/mol. The number of hydrogen-bond acceptors (Lipinski definition) is 6. The van der Waals surface area contributed by atoms with Crippen LogP contribution in [0.5, 0.6) is 0 Å². The van der Waals surface area contributed by atoms with Crippen LogP contribution in [0.15, 0.2) is 36.7 Å². The lowest BCUT2D eigenvalue weighted by Gasteiger charge is -2.33. The molecular weight excluding hydrogens is 471 g/mol. The molecule has 7 nitrogen and oxygen atoms in total. The zero-order valence-electron chi connectivity index (χ0n) is 21.0. The van der Waals surface area contributed by atoms with Crippen LogP contribution in [0.2, 0.25) is 0 Å². The molecule has 3 aromatic rings. The molecule has 194 valence electrons. The molecule has 1 N–H and O–H groups in total. The van der Waals surface area contributed by atoms with Crippen molar-refractivity contribution in [1.29, 1.82) is 0 Å². The molecule has 10 heteroatoms. The molecule has 4 rings (SSSR count). The molecule has 36 heavy (non-hydrogen) atoms. The first-order valence-corrected chi connectivity index (χ1v) is 12.1. The van der Waals surface area contributed by atoms with E-state index in [2.05, 4.69) is 10.3 Å². The van der Waals surface area contributed by atoms with Crippen molar-refractivity contribution in [3.8, 4) is 11.1 Å². The van der Waals surface area contributed by atoms with Crippen molar-refractivity contribution in [1.82, 2.24) is 14.3 Å². The predicted octanol–water partition coefficient (Wildman–Crippen LogP) is 4.99. The molecule has 0 bridgehead atoms. The second-order valence-electron chi connectivity index (χ2n) is 9.34. The number of alkyl halides is 3. The van der Waals surface area contributed by atoms with Crippen LogP contribution in [-0.2, 0) is 4.74 Å². The Hall–Kier alpha value is -3.27. The highest BCUT2D eigenvalue weighted by Gasteiger charge is 2.33. The summed E-state index contributed by atoms with van der Waals surface area (Å²) in [7, 11) is 3.85. The van der Waals surface area contributed by atoms with Gasteiger partial charge in [0, 0.05) is 56.7 Å². The van der Waals surface area contributed by atoms with Gasteiger partial charge in [-0.2, -0.15) is 13.2 Å². The lowest BCUT2D eigenvalue weighted by Crippen LogP contribution is -2.43. The summed E-state index contributed by atoms with van der Waals surface area (Å²) in [6, 6.07) is 7.74. The van der Waals surface area contributed by atoms with E-state index in [1.807, 2.05) is 60.8 Å². The third-order valence-electron chi connectivity index (χ3n) is 6.55. The Kier molecular flexibility index (Phi) is 7.44. The normalized spacial score (nSPS) is 15.3. The number of carbonyl (C=O) groups excluding carboxylic acids is 1. The van der Waals surface area contributed by atoms with Gasteiger partial charge in [-0.15, -0.1) is 0 Å². The maximum atomic E-state index is 12.9. The minimum atomic E-state index is -4.20. The smallest absolute Gasteiger partial charge is 0.401 e. The number of pyridine rings is 2. The second-order valence-corrected chi connectivity index (χ2v) is 9.34. The Morgan fingerprint density at radius 1 is 1.22 bits per heavy atom. The fourth-order valence-electron chi connectivity index (χ4n) is 4.70. The molecule has 1 fully saturated rings. The van der Waals surface area contributed by atoms with Gasteiger partial charge in [-0.1, -0.05) is 0 Å². The van der Waals surface area contributed by atoms with Gasteiger partial charge in [-0.05, 0) is 56.5 Å². The van der Waals surface area contributed by atoms with Crippen LogP contribution >= 0.6 is 0 Å². The molecular formula is C26H32F3N5O2. The van der Waals surface area contributed by atoms with Crippen LogP contribution in [0.1, 0.15) is 35.7 Å². The maximum absolute atomic E-state index is 12.9. The molecule has 0 aliphatic carbocycles. The number of carbonyl (C=O) groups is 1. The van der Waals surface area contributed by atoms with E-state index >= 15 is 0 Å². The van der Waals surface area contributed by atoms with Gasteiger partial charge in [0.15, 0.2) is 0 Å². The lowest BCUT2D eigenvalue weighted by atomic mass is 10.0. The SMILES string of the molecule is CCOC(=O)c1cc2c(-c3ccnc(N(C)C)c3)ccn2c(NC2CCN(CC(F)(F)F)CC2)c1C. The first-order valence-electron chi connectivity index (χ1n) is 12.1. The number of fused-ring (bicyclic) bond motifs is 1. The van der Waals surface area contributed by atoms with E-state index in [1.165, 1.54) is 4.90 Å². The van der Waals surface area contributed by atoms with Crippen molar-refractivity contribution >= 4 is 23.1 Å². The van der Waals surface area contributed by atoms with Gasteiger partial charge in [0.2, 0.25) is 0 Å². The maximum Gasteiger partial charge on any atom is 0.401 e. The molecule has 4 heterocycles. The number of halogens is 3. The fraction of sp³-hybridized carbons (Fsp3) is 0.462. The molecule has 0 amide bonds. The molecule has 1 saturated heterocycles. The number of esters is 1. The van der Waals surface area contributed by atoms with E-state index in [1.54, 1.807) is 13.1 Å². The molecule has 0 saturated carbocycles. The summed E-state index contributed by atoms with van der Waals surface area (Å²) in [6.07, 6.45) is 0.653. The number of hydrogen-bond donors (Lipinski definition) is 1. The van der Waals surface area contributed by atoms with Gasteiger partial charge in [0.25, 0.3) is 0 Å². The Labute approximate surface area is 208 Å². The Bertz CT molecular complexity index is 1230. The van der Waals surface area contributed by atoms with E-state index in [0.29, 0.717) is 31.5 Å². The lowest BCUT2D eigenvalue weighted by molar-refractivity contribution is -0.147. The van der Waals surface area contributed by atoms with Crippen LogP contribution in [0.4, 0.5) is 24.8 Å². The number of nitrogens with one attached hydrogen (secondary N) is 1. The average molecular weight is 504 g/mol. The average Bonchev–Trinajstić information content (AvgIpc) is 3.25. The number of anilines is 2. The van der Waals surface area contributed by atoms with Crippen molar-refractivity contribution < 1.29 is 22.7 Å². The summed E-state index contributed by atoms with van der Waals surface area (Å²) in [5, 5.41) is 3.53. The Balaban J connectivity index is 1.71. The van der Waals surface area contributed by atoms with Gasteiger partial charge in [-0.25, -0.2) is 9.78 Å². The summed E-state index contributed by atoms with van der Waals surface area (Å²) in [5.41, 5.74) is 3.93. The van der Waals surface area contributed by atoms with Gasteiger partial charge < -0.3 is 19.4 Å². The van der Waals surface area contributed by atoms with Crippen molar-refractivity contribution in [2.24, 2.45) is 0 Å². The third-order valence-corrected chi connectivity index (χ3v) is 6.55. The number of piperidine rings is 1. The number of ether oxygens (including phenoxy) is 1. The monoisotopic (exact) mass is 503 g/mol. The molecule has 0 unspecified atom stereocenters. The van der Waals surface area contributed by atoms with Crippen LogP contribution in [0.25, 0.3) is 16.6 Å². The zero-order valence-corrected chi connectivity index (χ0v) is 21.0. The van der Waals surface area contributed by atoms with E-state index in [-0.39, 0.29) is 12.6 Å². The molecule has 1 aliphatic rings. The van der Waals surface area contributed by atoms with Crippen molar-refractivity contribution in [3.63, 3.8) is 0 Å². The summed E-state index contributed by atoms with van der Waals surface area (Å²) in [5.74, 6) is 1.16. The van der Waals surface area contributed by atoms with E-state index in [0.717, 1.165) is 33.8 Å². The number of rotatable bonds is 7. The summed E-state index contributed by atoms with van der Waals surface area (Å²) >= 11 is 0. The van der Waals surface area contributed by atoms with Gasteiger partial charge in [-0.3, -0.25) is 4.90 Å². The van der Waals surface area contributed by atoms with Crippen LogP contribution < -0.4 is 10.2 Å². The number of nitrogens with zero attached hydrogens (tertiary/aromatic N) is 4. The zero-order chi connectivity index (χ0) is 26.0. The largest absolute Gasteiger partial charge is 0.462 e. The van der Waals surface area contributed by atoms with Gasteiger partial charge in [0.05, 0.1) is 24.2 Å². The van der Waals surface area contributed by atoms with Gasteiger partial charge >= 0.3 is 12.1 Å². The van der Waals surface area contributed by atoms with Crippen LogP contribution in [0, 0.1) is 6.92 Å². The third kappa shape index (κ3) is 5.59. The number of likely N-dealkylation sites (tertiary alicyclic amines) is 1. The highest BCUT2D eigenvalue weighted by atomic mass is 19.4. The van der Waals surface area contributed by atoms with Crippen LogP contribution in [-0.4, -0.2) is 72.8 Å². The Morgan fingerprint density at radius 2 is 1.94 bits per heavy atom. The standard InChI is InChI=1S/C26H32F3N5O2/c1-5-36-25(35)21-15-22-20(18-6-10-30-23(14-18)32(3)4)9-13-34(22)24(17(21)2)31-19-7-11-33(12-8-19)16-26(27,28)29/h6,9-10,13-15,19,31H,5,7-8,11-12,16H2,1-4H3. The highest BCUT2D eigenvalue weighted by Crippen LogP contribution is 2.34. The topological polar surface area (TPSA) is 62.1 Å². The first kappa shape index (κ1) is 25.8. The minimum Gasteiger partial charge on any atom is -0.462 e. The summed E-state index contributed by atoms with van der Waals surface area (Å²) in [6.45, 7) is 3.72. The highest BCUT2D eigenvalue weighted by molar-refractivity contribution is 5.96. The van der Waals surface area contributed by atoms with Crippen LogP contribution in [0.3, 0.4) is 0 Å². The quantitative estimate of drug-likeness (QED) is 0.459. The van der Waals surface area contributed by atoms with Crippen molar-refractivity contribution in [2.45, 2.75) is 38.9 Å². The van der Waals surface area contributed by atoms with E-state index in [4.69, 9.17) is 4.74 Å². The van der Waals surface area contributed by atoms with Gasteiger partial charge in [0.1, 0.15) is 11.6 Å². The van der Waals surface area contributed by atoms with E-state index < -0.39 is 18.7 Å². The molecule has 3 aromatic heterocycles. The fourth-order valence-corrected chi connectivity index (χ4v) is 4.70. The summed E-state index contributed by atoms with van der Waals surface area (Å²) in [4.78, 5) is 20.6. The minimum absolute atomic E-state index is 0.0130. The molecule has 1 aliphatic heterocycles. The van der Waals surface area contributed by atoms with Crippen molar-refractivity contribution in [3.05, 3.63) is 47.8 Å². The Morgan fingerprint density at radius 3 is 2.58 bits per heavy atom. The molecule has 0 radical (unpaired) electrons. The second kappa shape index (κ2) is 10.4. The van der Waals surface area contributed by atoms with E-state index in [9.17, 15) is 18.0 Å². The summed E-state index contributed by atoms with van der Waals surface area (Å²) < 4.78 is 45.7. The molecule has 0 aromatic carbocycles. The number of aromatic nitrogens is 2.